The van der Waals surface area contributed by atoms with E-state index in [0.29, 0.717) is 0 Å². The molecule has 4 nitrogen and oxygen atoms in total. The second kappa shape index (κ2) is 5.56. The molecular formula is C9H18N4. The molecule has 13 heavy (non-hydrogen) atoms. The molecule has 0 amide bonds. The van der Waals surface area contributed by atoms with Crippen molar-refractivity contribution in [3.8, 4) is 0 Å². The average molecular weight is 182 g/mol. The molecular weight excluding hydrogens is 164 g/mol. The Hall–Kier alpha value is -1.06. The maximum atomic E-state index is 5.20. The number of nitrogens with two attached hydrogens (primary N) is 2. The summed E-state index contributed by atoms with van der Waals surface area (Å²) in [5.74, 6) is 0.0505. The normalized spacial score (nSPS) is 18.6. The van der Waals surface area contributed by atoms with Gasteiger partial charge in [-0.15, -0.1) is 5.10 Å². The van der Waals surface area contributed by atoms with Crippen LogP contribution in [-0.2, 0) is 0 Å². The number of guanidine groups is 1. The molecule has 0 spiro atoms. The summed E-state index contributed by atoms with van der Waals surface area (Å²) in [4.78, 5) is 0. The van der Waals surface area contributed by atoms with Crippen LogP contribution in [0.5, 0.6) is 0 Å². The van der Waals surface area contributed by atoms with Crippen molar-refractivity contribution in [2.24, 2.45) is 21.7 Å². The van der Waals surface area contributed by atoms with E-state index in [9.17, 15) is 0 Å². The van der Waals surface area contributed by atoms with Gasteiger partial charge >= 0.3 is 0 Å². The van der Waals surface area contributed by atoms with E-state index in [1.807, 2.05) is 0 Å². The lowest BCUT2D eigenvalue weighted by Gasteiger charge is -2.09. The Morgan fingerprint density at radius 1 is 0.923 bits per heavy atom. The van der Waals surface area contributed by atoms with Gasteiger partial charge in [-0.1, -0.05) is 19.3 Å². The van der Waals surface area contributed by atoms with Crippen molar-refractivity contribution in [1.82, 2.24) is 0 Å². The van der Waals surface area contributed by atoms with E-state index >= 15 is 0 Å². The molecule has 1 aliphatic carbocycles. The Kier molecular flexibility index (Phi) is 4.29. The first-order chi connectivity index (χ1) is 6.29. The van der Waals surface area contributed by atoms with Crippen LogP contribution >= 0.6 is 0 Å². The standard InChI is InChI=1S/C9H18N4/c10-9(11)13-12-8-6-4-2-1-3-5-7-8/h1-7H2,(H4,10,11,13). The predicted molar refractivity (Wildman–Crippen MR) is 55.6 cm³/mol. The van der Waals surface area contributed by atoms with Gasteiger partial charge in [0.1, 0.15) is 0 Å². The molecule has 0 aromatic heterocycles. The summed E-state index contributed by atoms with van der Waals surface area (Å²) in [6, 6.07) is 0. The number of hydrogen-bond acceptors (Lipinski definition) is 2. The van der Waals surface area contributed by atoms with E-state index in [-0.39, 0.29) is 5.96 Å². The zero-order valence-corrected chi connectivity index (χ0v) is 8.00. The first-order valence-corrected chi connectivity index (χ1v) is 4.93. The SMILES string of the molecule is NC(N)=NN=C1CCCCCCC1. The quantitative estimate of drug-likeness (QED) is 0.365. The third-order valence-electron chi connectivity index (χ3n) is 2.24. The van der Waals surface area contributed by atoms with E-state index < -0.39 is 0 Å². The smallest absolute Gasteiger partial charge is 0.211 e. The van der Waals surface area contributed by atoms with E-state index in [0.717, 1.165) is 18.6 Å². The molecule has 1 rings (SSSR count). The van der Waals surface area contributed by atoms with Crippen molar-refractivity contribution >= 4 is 11.7 Å². The highest BCUT2D eigenvalue weighted by molar-refractivity contribution is 5.85. The monoisotopic (exact) mass is 182 g/mol. The largest absolute Gasteiger partial charge is 0.369 e. The summed E-state index contributed by atoms with van der Waals surface area (Å²) in [7, 11) is 0. The second-order valence-corrected chi connectivity index (χ2v) is 3.46. The van der Waals surface area contributed by atoms with E-state index in [2.05, 4.69) is 10.2 Å². The summed E-state index contributed by atoms with van der Waals surface area (Å²) in [6.45, 7) is 0. The number of rotatable bonds is 1. The minimum atomic E-state index is 0.0505. The highest BCUT2D eigenvalue weighted by Gasteiger charge is 2.04. The third kappa shape index (κ3) is 4.50. The van der Waals surface area contributed by atoms with E-state index in [1.165, 1.54) is 32.1 Å². The zero-order valence-electron chi connectivity index (χ0n) is 8.00. The fourth-order valence-electron chi connectivity index (χ4n) is 1.54. The highest BCUT2D eigenvalue weighted by Crippen LogP contribution is 2.14. The van der Waals surface area contributed by atoms with Gasteiger partial charge in [0.05, 0.1) is 0 Å². The van der Waals surface area contributed by atoms with Crippen LogP contribution in [0.15, 0.2) is 10.2 Å². The molecule has 0 radical (unpaired) electrons. The van der Waals surface area contributed by atoms with E-state index in [1.54, 1.807) is 0 Å². The van der Waals surface area contributed by atoms with Crippen molar-refractivity contribution in [3.05, 3.63) is 0 Å². The van der Waals surface area contributed by atoms with Gasteiger partial charge in [0.15, 0.2) is 0 Å². The molecule has 4 N–H and O–H groups in total. The van der Waals surface area contributed by atoms with Crippen LogP contribution in [0.4, 0.5) is 0 Å². The maximum Gasteiger partial charge on any atom is 0.211 e. The van der Waals surface area contributed by atoms with Gasteiger partial charge < -0.3 is 11.5 Å². The number of nitrogens with zero attached hydrogens (tertiary/aromatic N) is 2. The topological polar surface area (TPSA) is 76.8 Å². The van der Waals surface area contributed by atoms with Gasteiger partial charge in [0.2, 0.25) is 5.96 Å². The van der Waals surface area contributed by atoms with Crippen LogP contribution in [-0.4, -0.2) is 11.7 Å². The minimum Gasteiger partial charge on any atom is -0.369 e. The van der Waals surface area contributed by atoms with E-state index in [4.69, 9.17) is 11.5 Å². The fraction of sp³-hybridized carbons (Fsp3) is 0.778. The second-order valence-electron chi connectivity index (χ2n) is 3.46. The molecule has 0 aromatic rings. The van der Waals surface area contributed by atoms with Gasteiger partial charge in [0, 0.05) is 5.71 Å². The highest BCUT2D eigenvalue weighted by atomic mass is 15.3. The first-order valence-electron chi connectivity index (χ1n) is 4.93. The summed E-state index contributed by atoms with van der Waals surface area (Å²) in [6.07, 6.45) is 8.52. The van der Waals surface area contributed by atoms with Crippen LogP contribution in [0.3, 0.4) is 0 Å². The van der Waals surface area contributed by atoms with Crippen molar-refractivity contribution in [2.75, 3.05) is 0 Å². The summed E-state index contributed by atoms with van der Waals surface area (Å²) in [5.41, 5.74) is 11.5. The van der Waals surface area contributed by atoms with Crippen molar-refractivity contribution in [1.29, 1.82) is 0 Å². The van der Waals surface area contributed by atoms with Gasteiger partial charge in [0.25, 0.3) is 0 Å². The van der Waals surface area contributed by atoms with Gasteiger partial charge in [-0.3, -0.25) is 0 Å². The van der Waals surface area contributed by atoms with Crippen LogP contribution in [0.1, 0.15) is 44.9 Å². The van der Waals surface area contributed by atoms with Crippen LogP contribution in [0.25, 0.3) is 0 Å². The molecule has 0 unspecified atom stereocenters. The lowest BCUT2D eigenvalue weighted by molar-refractivity contribution is 0.605. The molecule has 0 saturated heterocycles. The third-order valence-corrected chi connectivity index (χ3v) is 2.24. The van der Waals surface area contributed by atoms with Crippen molar-refractivity contribution < 1.29 is 0 Å². The van der Waals surface area contributed by atoms with Gasteiger partial charge in [-0.2, -0.15) is 5.10 Å². The van der Waals surface area contributed by atoms with Crippen LogP contribution < -0.4 is 11.5 Å². The fourth-order valence-corrected chi connectivity index (χ4v) is 1.54. The Bertz CT molecular complexity index is 194. The van der Waals surface area contributed by atoms with Crippen molar-refractivity contribution in [3.63, 3.8) is 0 Å². The summed E-state index contributed by atoms with van der Waals surface area (Å²) < 4.78 is 0. The number of hydrogen-bond donors (Lipinski definition) is 2. The molecule has 1 saturated carbocycles. The van der Waals surface area contributed by atoms with Crippen molar-refractivity contribution in [2.45, 2.75) is 44.9 Å². The molecule has 74 valence electrons. The Morgan fingerprint density at radius 3 is 2.00 bits per heavy atom. The zero-order chi connectivity index (χ0) is 9.52. The van der Waals surface area contributed by atoms with Gasteiger partial charge in [-0.25, -0.2) is 0 Å². The lowest BCUT2D eigenvalue weighted by Crippen LogP contribution is -2.22. The van der Waals surface area contributed by atoms with Crippen LogP contribution in [0.2, 0.25) is 0 Å². The Balaban J connectivity index is 2.45. The molecule has 1 fully saturated rings. The minimum absolute atomic E-state index is 0.0505. The summed E-state index contributed by atoms with van der Waals surface area (Å²) >= 11 is 0. The summed E-state index contributed by atoms with van der Waals surface area (Å²) in [5, 5.41) is 7.72. The lowest BCUT2D eigenvalue weighted by atomic mass is 9.99. The predicted octanol–water partition coefficient (Wildman–Crippen LogP) is 1.36. The van der Waals surface area contributed by atoms with Gasteiger partial charge in [-0.05, 0) is 25.7 Å². The Labute approximate surface area is 79.1 Å². The molecule has 0 atom stereocenters. The molecule has 1 aliphatic rings. The molecule has 0 heterocycles. The average Bonchev–Trinajstić information content (AvgIpc) is 2.01. The molecule has 0 aromatic carbocycles. The molecule has 0 aliphatic heterocycles. The molecule has 4 heteroatoms. The van der Waals surface area contributed by atoms with Crippen LogP contribution in [0, 0.1) is 0 Å². The maximum absolute atomic E-state index is 5.20. The Morgan fingerprint density at radius 2 is 1.46 bits per heavy atom. The molecule has 0 bridgehead atoms. The first kappa shape index (κ1) is 10.0.